The highest BCUT2D eigenvalue weighted by atomic mass is 15.0. The van der Waals surface area contributed by atoms with Gasteiger partial charge in [-0.15, -0.1) is 0 Å². The normalized spacial score (nSPS) is 15.2. The van der Waals surface area contributed by atoms with Gasteiger partial charge in [0.2, 0.25) is 0 Å². The smallest absolute Gasteiger partial charge is 0.128 e. The third kappa shape index (κ3) is 4.11. The molecule has 0 atom stereocenters. The molecular formula is C11H19N2. The van der Waals surface area contributed by atoms with Crippen molar-refractivity contribution < 1.29 is 0 Å². The summed E-state index contributed by atoms with van der Waals surface area (Å²) in [4.78, 5) is 4.32. The fraction of sp³-hybridized carbons (Fsp3) is 0.727. The highest BCUT2D eigenvalue weighted by Gasteiger charge is 2.05. The zero-order valence-electron chi connectivity index (χ0n) is 8.71. The van der Waals surface area contributed by atoms with Crippen LogP contribution in [0.4, 0.5) is 0 Å². The second kappa shape index (κ2) is 5.79. The van der Waals surface area contributed by atoms with Gasteiger partial charge in [0.15, 0.2) is 0 Å². The van der Waals surface area contributed by atoms with Gasteiger partial charge in [0.1, 0.15) is 5.84 Å². The lowest BCUT2D eigenvalue weighted by Crippen LogP contribution is -2.05. The van der Waals surface area contributed by atoms with E-state index in [1.807, 2.05) is 13.1 Å². The third-order valence-corrected chi connectivity index (χ3v) is 2.21. The van der Waals surface area contributed by atoms with Gasteiger partial charge in [0.05, 0.1) is 11.9 Å². The van der Waals surface area contributed by atoms with E-state index in [0.717, 1.165) is 18.0 Å². The van der Waals surface area contributed by atoms with Gasteiger partial charge in [-0.1, -0.05) is 32.6 Å². The Bertz CT molecular complexity index is 204. The zero-order chi connectivity index (χ0) is 9.52. The number of allylic oxidation sites excluding steroid dienone is 1. The van der Waals surface area contributed by atoms with Crippen molar-refractivity contribution in [3.8, 4) is 0 Å². The van der Waals surface area contributed by atoms with E-state index in [2.05, 4.69) is 17.2 Å². The Morgan fingerprint density at radius 2 is 1.92 bits per heavy atom. The molecule has 0 aromatic rings. The van der Waals surface area contributed by atoms with Crippen LogP contribution in [-0.4, -0.2) is 5.84 Å². The fourth-order valence-electron chi connectivity index (χ4n) is 1.44. The van der Waals surface area contributed by atoms with E-state index < -0.39 is 0 Å². The molecular weight excluding hydrogens is 160 g/mol. The zero-order valence-corrected chi connectivity index (χ0v) is 8.71. The molecule has 0 aliphatic carbocycles. The highest BCUT2D eigenvalue weighted by Crippen LogP contribution is 2.09. The molecule has 73 valence electrons. The summed E-state index contributed by atoms with van der Waals surface area (Å²) in [5, 5.41) is 4.22. The van der Waals surface area contributed by atoms with Gasteiger partial charge in [-0.2, -0.15) is 0 Å². The molecule has 0 fully saturated rings. The molecule has 0 saturated heterocycles. The number of rotatable bonds is 6. The molecule has 0 unspecified atom stereocenters. The first kappa shape index (κ1) is 10.3. The minimum atomic E-state index is 1.02. The Balaban J connectivity index is 1.98. The van der Waals surface area contributed by atoms with Crippen LogP contribution in [0.5, 0.6) is 0 Å². The molecule has 0 saturated carbocycles. The predicted molar refractivity (Wildman–Crippen MR) is 56.7 cm³/mol. The molecule has 0 aromatic heterocycles. The molecule has 1 aliphatic rings. The maximum absolute atomic E-state index is 4.32. The summed E-state index contributed by atoms with van der Waals surface area (Å²) in [5.41, 5.74) is 1.04. The van der Waals surface area contributed by atoms with Crippen LogP contribution < -0.4 is 5.32 Å². The van der Waals surface area contributed by atoms with Crippen molar-refractivity contribution in [3.63, 3.8) is 0 Å². The Morgan fingerprint density at radius 3 is 2.54 bits per heavy atom. The maximum Gasteiger partial charge on any atom is 0.128 e. The number of hydrogen-bond donors (Lipinski definition) is 0. The molecule has 1 aliphatic heterocycles. The lowest BCUT2D eigenvalue weighted by atomic mass is 10.1. The highest BCUT2D eigenvalue weighted by molar-refractivity contribution is 5.85. The van der Waals surface area contributed by atoms with E-state index >= 15 is 0 Å². The first-order chi connectivity index (χ1) is 6.33. The van der Waals surface area contributed by atoms with Crippen LogP contribution in [0.1, 0.15) is 52.4 Å². The standard InChI is InChI=1S/C11H19N2/c1-3-4-5-6-7-8-11-12-9-10(2)13-11/h9H,3-8H2,1-2H3. The van der Waals surface area contributed by atoms with Crippen molar-refractivity contribution in [3.05, 3.63) is 11.9 Å². The quantitative estimate of drug-likeness (QED) is 0.560. The minimum Gasteiger partial charge on any atom is -0.240 e. The van der Waals surface area contributed by atoms with Crippen LogP contribution in [-0.2, 0) is 0 Å². The van der Waals surface area contributed by atoms with Crippen molar-refractivity contribution in [1.29, 1.82) is 0 Å². The lowest BCUT2D eigenvalue weighted by molar-refractivity contribution is 0.641. The largest absolute Gasteiger partial charge is 0.240 e. The summed E-state index contributed by atoms with van der Waals surface area (Å²) < 4.78 is 0. The SMILES string of the molecule is CCCCCCCC1=NC(C)=C[N]1. The van der Waals surface area contributed by atoms with Gasteiger partial charge in [-0.05, 0) is 13.3 Å². The van der Waals surface area contributed by atoms with E-state index in [4.69, 9.17) is 0 Å². The minimum absolute atomic E-state index is 1.02. The molecule has 0 amide bonds. The topological polar surface area (TPSA) is 26.5 Å². The van der Waals surface area contributed by atoms with Crippen molar-refractivity contribution in [2.45, 2.75) is 52.4 Å². The molecule has 1 rings (SSSR count). The molecule has 13 heavy (non-hydrogen) atoms. The van der Waals surface area contributed by atoms with Gasteiger partial charge < -0.3 is 0 Å². The Labute approximate surface area is 81.1 Å². The number of amidine groups is 1. The second-order valence-corrected chi connectivity index (χ2v) is 3.59. The summed E-state index contributed by atoms with van der Waals surface area (Å²) in [6, 6.07) is 0. The van der Waals surface area contributed by atoms with Crippen molar-refractivity contribution >= 4 is 5.84 Å². The molecule has 0 spiro atoms. The van der Waals surface area contributed by atoms with Crippen molar-refractivity contribution in [2.24, 2.45) is 4.99 Å². The molecule has 2 nitrogen and oxygen atoms in total. The second-order valence-electron chi connectivity index (χ2n) is 3.59. The molecule has 2 heteroatoms. The number of aliphatic imine (C=N–C) groups is 1. The van der Waals surface area contributed by atoms with Crippen LogP contribution in [0.2, 0.25) is 0 Å². The van der Waals surface area contributed by atoms with Gasteiger partial charge in [-0.3, -0.25) is 0 Å². The third-order valence-electron chi connectivity index (χ3n) is 2.21. The monoisotopic (exact) mass is 179 g/mol. The number of nitrogens with zero attached hydrogens (tertiary/aromatic N) is 2. The van der Waals surface area contributed by atoms with Gasteiger partial charge >= 0.3 is 0 Å². The summed E-state index contributed by atoms with van der Waals surface area (Å²) in [7, 11) is 0. The van der Waals surface area contributed by atoms with E-state index in [1.165, 1.54) is 32.1 Å². The Morgan fingerprint density at radius 1 is 1.15 bits per heavy atom. The molecule has 0 bridgehead atoms. The molecule has 0 aromatic carbocycles. The van der Waals surface area contributed by atoms with Crippen LogP contribution in [0.25, 0.3) is 0 Å². The van der Waals surface area contributed by atoms with E-state index in [0.29, 0.717) is 0 Å². The average Bonchev–Trinajstić information content (AvgIpc) is 2.51. The van der Waals surface area contributed by atoms with E-state index in [9.17, 15) is 0 Å². The summed E-state index contributed by atoms with van der Waals surface area (Å²) >= 11 is 0. The summed E-state index contributed by atoms with van der Waals surface area (Å²) in [5.74, 6) is 1.02. The summed E-state index contributed by atoms with van der Waals surface area (Å²) in [6.45, 7) is 4.23. The predicted octanol–water partition coefficient (Wildman–Crippen LogP) is 3.22. The maximum atomic E-state index is 4.32. The number of hydrogen-bond acceptors (Lipinski definition) is 1. The van der Waals surface area contributed by atoms with Gasteiger partial charge in [0.25, 0.3) is 0 Å². The van der Waals surface area contributed by atoms with Gasteiger partial charge in [-0.25, -0.2) is 10.3 Å². The summed E-state index contributed by atoms with van der Waals surface area (Å²) in [6.07, 6.45) is 9.49. The average molecular weight is 179 g/mol. The van der Waals surface area contributed by atoms with E-state index in [1.54, 1.807) is 0 Å². The molecule has 0 N–H and O–H groups in total. The first-order valence-electron chi connectivity index (χ1n) is 5.28. The lowest BCUT2D eigenvalue weighted by Gasteiger charge is -1.99. The van der Waals surface area contributed by atoms with Crippen molar-refractivity contribution in [2.75, 3.05) is 0 Å². The molecule has 1 radical (unpaired) electrons. The van der Waals surface area contributed by atoms with Crippen LogP contribution in [0.15, 0.2) is 16.9 Å². The fourth-order valence-corrected chi connectivity index (χ4v) is 1.44. The van der Waals surface area contributed by atoms with Crippen LogP contribution in [0, 0.1) is 0 Å². The van der Waals surface area contributed by atoms with Gasteiger partial charge in [0, 0.05) is 6.42 Å². The molecule has 1 heterocycles. The van der Waals surface area contributed by atoms with Crippen molar-refractivity contribution in [1.82, 2.24) is 5.32 Å². The number of unbranched alkanes of at least 4 members (excludes halogenated alkanes) is 4. The Kier molecular flexibility index (Phi) is 4.58. The first-order valence-corrected chi connectivity index (χ1v) is 5.28. The Hall–Kier alpha value is -0.790. The van der Waals surface area contributed by atoms with Crippen LogP contribution >= 0.6 is 0 Å². The van der Waals surface area contributed by atoms with Crippen LogP contribution in [0.3, 0.4) is 0 Å². The van der Waals surface area contributed by atoms with E-state index in [-0.39, 0.29) is 0 Å².